The van der Waals surface area contributed by atoms with Gasteiger partial charge in [-0.2, -0.15) is 0 Å². The second-order valence-corrected chi connectivity index (χ2v) is 5.71. The van der Waals surface area contributed by atoms with Crippen LogP contribution in [0.15, 0.2) is 67.0 Å². The van der Waals surface area contributed by atoms with E-state index < -0.39 is 6.10 Å². The fourth-order valence-electron chi connectivity index (χ4n) is 2.61. The van der Waals surface area contributed by atoms with Crippen LogP contribution in [0.1, 0.15) is 24.2 Å². The van der Waals surface area contributed by atoms with Gasteiger partial charge in [0.15, 0.2) is 0 Å². The average molecular weight is 312 g/mol. The van der Waals surface area contributed by atoms with Crippen LogP contribution < -0.4 is 0 Å². The molecular formula is C19H18ClNO. The third-order valence-electron chi connectivity index (χ3n) is 3.84. The summed E-state index contributed by atoms with van der Waals surface area (Å²) in [5, 5.41) is 11.5. The smallest absolute Gasteiger partial charge is 0.106 e. The summed E-state index contributed by atoms with van der Waals surface area (Å²) in [6.07, 6.45) is 3.45. The molecule has 112 valence electrons. The van der Waals surface area contributed by atoms with Gasteiger partial charge in [-0.25, -0.2) is 0 Å². The second kappa shape index (κ2) is 6.39. The molecule has 3 aromatic rings. The van der Waals surface area contributed by atoms with Gasteiger partial charge < -0.3 is 9.67 Å². The fourth-order valence-corrected chi connectivity index (χ4v) is 2.74. The largest absolute Gasteiger partial charge is 0.384 e. The molecule has 0 aliphatic carbocycles. The first-order valence-corrected chi connectivity index (χ1v) is 7.75. The van der Waals surface area contributed by atoms with Gasteiger partial charge in [-0.15, -0.1) is 0 Å². The van der Waals surface area contributed by atoms with E-state index in [0.29, 0.717) is 5.02 Å². The van der Waals surface area contributed by atoms with Crippen molar-refractivity contribution >= 4 is 11.6 Å². The highest BCUT2D eigenvalue weighted by Crippen LogP contribution is 2.33. The number of aliphatic hydroxyl groups is 1. The Morgan fingerprint density at radius 1 is 1.00 bits per heavy atom. The number of aromatic nitrogens is 1. The summed E-state index contributed by atoms with van der Waals surface area (Å²) < 4.78 is 2.09. The van der Waals surface area contributed by atoms with Gasteiger partial charge in [-0.3, -0.25) is 0 Å². The minimum Gasteiger partial charge on any atom is -0.384 e. The normalized spacial score (nSPS) is 12.3. The Hall–Kier alpha value is -2.03. The van der Waals surface area contributed by atoms with Crippen LogP contribution in [0.2, 0.25) is 5.02 Å². The topological polar surface area (TPSA) is 25.2 Å². The van der Waals surface area contributed by atoms with E-state index in [9.17, 15) is 5.11 Å². The molecule has 0 aliphatic heterocycles. The third kappa shape index (κ3) is 2.94. The molecule has 0 spiro atoms. The van der Waals surface area contributed by atoms with Crippen molar-refractivity contribution in [2.24, 2.45) is 0 Å². The molecule has 2 aromatic carbocycles. The maximum absolute atomic E-state index is 10.8. The summed E-state index contributed by atoms with van der Waals surface area (Å²) in [6, 6.07) is 17.4. The number of benzene rings is 2. The third-order valence-corrected chi connectivity index (χ3v) is 4.09. The minimum absolute atomic E-state index is 0.639. The summed E-state index contributed by atoms with van der Waals surface area (Å²) in [7, 11) is 0. The molecule has 1 heterocycles. The van der Waals surface area contributed by atoms with Gasteiger partial charge >= 0.3 is 0 Å². The van der Waals surface area contributed by atoms with Gasteiger partial charge in [0.1, 0.15) is 6.10 Å². The Morgan fingerprint density at radius 2 is 1.68 bits per heavy atom. The fraction of sp³-hybridized carbons (Fsp3) is 0.158. The van der Waals surface area contributed by atoms with E-state index in [1.54, 1.807) is 0 Å². The number of hydrogen-bond donors (Lipinski definition) is 1. The first-order valence-electron chi connectivity index (χ1n) is 7.37. The lowest BCUT2D eigenvalue weighted by atomic mass is 9.97. The van der Waals surface area contributed by atoms with E-state index in [4.69, 9.17) is 11.6 Å². The van der Waals surface area contributed by atoms with Gasteiger partial charge in [0, 0.05) is 35.1 Å². The van der Waals surface area contributed by atoms with Crippen LogP contribution in [0.5, 0.6) is 0 Å². The van der Waals surface area contributed by atoms with Crippen LogP contribution in [0.4, 0.5) is 0 Å². The molecule has 1 aromatic heterocycles. The van der Waals surface area contributed by atoms with E-state index in [0.717, 1.165) is 28.8 Å². The Morgan fingerprint density at radius 3 is 2.32 bits per heavy atom. The summed E-state index contributed by atoms with van der Waals surface area (Å²) in [5.41, 5.74) is 3.90. The molecule has 1 atom stereocenters. The number of nitrogens with zero attached hydrogens (tertiary/aromatic N) is 1. The highest BCUT2D eigenvalue weighted by molar-refractivity contribution is 6.30. The number of aliphatic hydroxyl groups excluding tert-OH is 1. The SMILES string of the molecule is CCn1cc(-c2ccc(Cl)cc2)c(C(O)c2ccccc2)c1. The monoisotopic (exact) mass is 311 g/mol. The molecule has 0 fully saturated rings. The van der Waals surface area contributed by atoms with Crippen LogP contribution in [-0.4, -0.2) is 9.67 Å². The molecule has 1 unspecified atom stereocenters. The molecule has 2 nitrogen and oxygen atoms in total. The van der Waals surface area contributed by atoms with Crippen molar-refractivity contribution in [3.63, 3.8) is 0 Å². The van der Waals surface area contributed by atoms with Crippen molar-refractivity contribution in [3.05, 3.63) is 83.1 Å². The van der Waals surface area contributed by atoms with Gasteiger partial charge in [-0.05, 0) is 30.2 Å². The molecule has 0 radical (unpaired) electrons. The van der Waals surface area contributed by atoms with Crippen molar-refractivity contribution in [1.82, 2.24) is 4.57 Å². The first kappa shape index (κ1) is 14.9. The first-order chi connectivity index (χ1) is 10.7. The van der Waals surface area contributed by atoms with E-state index in [1.165, 1.54) is 0 Å². The highest BCUT2D eigenvalue weighted by Gasteiger charge is 2.17. The Balaban J connectivity index is 2.07. The lowest BCUT2D eigenvalue weighted by Crippen LogP contribution is -2.00. The molecular weight excluding hydrogens is 294 g/mol. The van der Waals surface area contributed by atoms with E-state index in [1.807, 2.05) is 60.8 Å². The summed E-state index contributed by atoms with van der Waals surface area (Å²) in [6.45, 7) is 2.95. The van der Waals surface area contributed by atoms with Crippen molar-refractivity contribution in [3.8, 4) is 11.1 Å². The number of hydrogen-bond acceptors (Lipinski definition) is 1. The lowest BCUT2D eigenvalue weighted by Gasteiger charge is -2.12. The number of rotatable bonds is 4. The van der Waals surface area contributed by atoms with E-state index in [-0.39, 0.29) is 0 Å². The Labute approximate surface area is 135 Å². The average Bonchev–Trinajstić information content (AvgIpc) is 3.00. The van der Waals surface area contributed by atoms with Gasteiger partial charge in [0.25, 0.3) is 0 Å². The van der Waals surface area contributed by atoms with E-state index >= 15 is 0 Å². The molecule has 0 bridgehead atoms. The van der Waals surface area contributed by atoms with Crippen LogP contribution in [-0.2, 0) is 6.54 Å². The predicted molar refractivity (Wildman–Crippen MR) is 91.1 cm³/mol. The molecule has 3 heteroatoms. The van der Waals surface area contributed by atoms with Gasteiger partial charge in [-0.1, -0.05) is 54.1 Å². The Kier molecular flexibility index (Phi) is 4.32. The highest BCUT2D eigenvalue weighted by atomic mass is 35.5. The van der Waals surface area contributed by atoms with Gasteiger partial charge in [0.05, 0.1) is 0 Å². The maximum atomic E-state index is 10.8. The predicted octanol–water partition coefficient (Wildman–Crippen LogP) is 4.91. The second-order valence-electron chi connectivity index (χ2n) is 5.28. The van der Waals surface area contributed by atoms with Crippen molar-refractivity contribution in [1.29, 1.82) is 0 Å². The molecule has 0 amide bonds. The summed E-state index contributed by atoms with van der Waals surface area (Å²) in [4.78, 5) is 0. The molecule has 3 rings (SSSR count). The summed E-state index contributed by atoms with van der Waals surface area (Å²) >= 11 is 5.98. The standard InChI is InChI=1S/C19H18ClNO/c1-2-21-12-17(14-8-10-16(20)11-9-14)18(13-21)19(22)15-6-4-3-5-7-15/h3-13,19,22H,2H2,1H3. The number of aryl methyl sites for hydroxylation is 1. The molecule has 0 saturated carbocycles. The van der Waals surface area contributed by atoms with Crippen molar-refractivity contribution < 1.29 is 5.11 Å². The zero-order valence-electron chi connectivity index (χ0n) is 12.4. The number of halogens is 1. The van der Waals surface area contributed by atoms with Crippen molar-refractivity contribution in [2.45, 2.75) is 19.6 Å². The van der Waals surface area contributed by atoms with Crippen molar-refractivity contribution in [2.75, 3.05) is 0 Å². The van der Waals surface area contributed by atoms with Crippen LogP contribution >= 0.6 is 11.6 Å². The lowest BCUT2D eigenvalue weighted by molar-refractivity contribution is 0.221. The molecule has 22 heavy (non-hydrogen) atoms. The molecule has 0 saturated heterocycles. The quantitative estimate of drug-likeness (QED) is 0.727. The summed E-state index contributed by atoms with van der Waals surface area (Å²) in [5.74, 6) is 0. The zero-order valence-corrected chi connectivity index (χ0v) is 13.2. The minimum atomic E-state index is -0.639. The Bertz CT molecular complexity index is 747. The maximum Gasteiger partial charge on any atom is 0.106 e. The van der Waals surface area contributed by atoms with Crippen LogP contribution in [0, 0.1) is 0 Å². The van der Waals surface area contributed by atoms with Gasteiger partial charge in [0.2, 0.25) is 0 Å². The molecule has 0 aliphatic rings. The van der Waals surface area contributed by atoms with Crippen LogP contribution in [0.25, 0.3) is 11.1 Å². The van der Waals surface area contributed by atoms with E-state index in [2.05, 4.69) is 17.7 Å². The molecule has 1 N–H and O–H groups in total. The van der Waals surface area contributed by atoms with Crippen LogP contribution in [0.3, 0.4) is 0 Å². The zero-order chi connectivity index (χ0) is 15.5.